The van der Waals surface area contributed by atoms with Crippen molar-refractivity contribution in [1.82, 2.24) is 5.32 Å². The number of aliphatic hydroxyl groups is 1. The van der Waals surface area contributed by atoms with Crippen molar-refractivity contribution in [2.75, 3.05) is 0 Å². The van der Waals surface area contributed by atoms with Gasteiger partial charge in [0.2, 0.25) is 5.91 Å². The molecular formula is C13H20N2O2. The van der Waals surface area contributed by atoms with Gasteiger partial charge in [-0.25, -0.2) is 0 Å². The summed E-state index contributed by atoms with van der Waals surface area (Å²) in [5, 5.41) is 11.7. The third-order valence-electron chi connectivity index (χ3n) is 2.91. The molecule has 0 heterocycles. The van der Waals surface area contributed by atoms with Crippen LogP contribution in [0.3, 0.4) is 0 Å². The van der Waals surface area contributed by atoms with Gasteiger partial charge in [0.05, 0.1) is 12.1 Å². The highest BCUT2D eigenvalue weighted by Crippen LogP contribution is 2.07. The van der Waals surface area contributed by atoms with Gasteiger partial charge in [0.1, 0.15) is 0 Å². The van der Waals surface area contributed by atoms with Gasteiger partial charge in [-0.1, -0.05) is 31.2 Å². The highest BCUT2D eigenvalue weighted by atomic mass is 16.3. The quantitative estimate of drug-likeness (QED) is 0.711. The molecule has 0 saturated carbocycles. The van der Waals surface area contributed by atoms with Crippen molar-refractivity contribution in [3.8, 4) is 0 Å². The molecule has 1 aromatic rings. The summed E-state index contributed by atoms with van der Waals surface area (Å²) in [6, 6.07) is 7.43. The second kappa shape index (κ2) is 5.80. The van der Waals surface area contributed by atoms with E-state index in [0.29, 0.717) is 13.0 Å². The number of carbonyl (C=O) groups excluding carboxylic acids is 1. The monoisotopic (exact) mass is 236 g/mol. The first-order valence-corrected chi connectivity index (χ1v) is 5.75. The van der Waals surface area contributed by atoms with Gasteiger partial charge in [-0.3, -0.25) is 4.79 Å². The number of nitrogens with two attached hydrogens (primary N) is 1. The highest BCUT2D eigenvalue weighted by molar-refractivity contribution is 5.85. The maximum atomic E-state index is 11.7. The molecule has 1 atom stereocenters. The van der Waals surface area contributed by atoms with Gasteiger partial charge in [0, 0.05) is 6.54 Å². The Hall–Kier alpha value is -1.39. The molecule has 1 aromatic carbocycles. The predicted octanol–water partition coefficient (Wildman–Crippen LogP) is 0.922. The van der Waals surface area contributed by atoms with Crippen molar-refractivity contribution in [3.05, 3.63) is 35.4 Å². The van der Waals surface area contributed by atoms with E-state index in [1.54, 1.807) is 6.92 Å². The van der Waals surface area contributed by atoms with E-state index >= 15 is 0 Å². The molecule has 4 heteroatoms. The first kappa shape index (κ1) is 13.7. The lowest BCUT2D eigenvalue weighted by molar-refractivity contribution is -0.126. The van der Waals surface area contributed by atoms with Crippen LogP contribution in [0.4, 0.5) is 0 Å². The van der Waals surface area contributed by atoms with Crippen LogP contribution in [-0.4, -0.2) is 16.6 Å². The average molecular weight is 236 g/mol. The van der Waals surface area contributed by atoms with Crippen LogP contribution in [0.5, 0.6) is 0 Å². The highest BCUT2D eigenvalue weighted by Gasteiger charge is 2.25. The first-order chi connectivity index (χ1) is 7.99. The molecule has 0 fully saturated rings. The van der Waals surface area contributed by atoms with Crippen LogP contribution >= 0.6 is 0 Å². The third kappa shape index (κ3) is 3.84. The van der Waals surface area contributed by atoms with Gasteiger partial charge in [-0.2, -0.15) is 0 Å². The molecule has 0 saturated heterocycles. The molecule has 0 aromatic heterocycles. The SMILES string of the molecule is CCC(C)(N)C(=O)NCc1ccc(CO)cc1. The van der Waals surface area contributed by atoms with Crippen LogP contribution in [0.25, 0.3) is 0 Å². The zero-order valence-electron chi connectivity index (χ0n) is 10.4. The van der Waals surface area contributed by atoms with Gasteiger partial charge in [0.15, 0.2) is 0 Å². The molecule has 94 valence electrons. The Balaban J connectivity index is 2.53. The van der Waals surface area contributed by atoms with E-state index in [0.717, 1.165) is 11.1 Å². The lowest BCUT2D eigenvalue weighted by Gasteiger charge is -2.21. The average Bonchev–Trinajstić information content (AvgIpc) is 2.36. The fourth-order valence-electron chi connectivity index (χ4n) is 1.31. The largest absolute Gasteiger partial charge is 0.392 e. The van der Waals surface area contributed by atoms with E-state index in [1.165, 1.54) is 0 Å². The molecule has 4 nitrogen and oxygen atoms in total. The lowest BCUT2D eigenvalue weighted by Crippen LogP contribution is -2.50. The Morgan fingerprint density at radius 2 is 1.88 bits per heavy atom. The Morgan fingerprint density at radius 1 is 1.35 bits per heavy atom. The van der Waals surface area contributed by atoms with Crippen molar-refractivity contribution < 1.29 is 9.90 Å². The van der Waals surface area contributed by atoms with E-state index in [-0.39, 0.29) is 12.5 Å². The Morgan fingerprint density at radius 3 is 2.35 bits per heavy atom. The molecule has 0 aliphatic carbocycles. The lowest BCUT2D eigenvalue weighted by atomic mass is 9.99. The first-order valence-electron chi connectivity index (χ1n) is 5.75. The van der Waals surface area contributed by atoms with Crippen LogP contribution in [0.2, 0.25) is 0 Å². The van der Waals surface area contributed by atoms with Crippen molar-refractivity contribution in [2.24, 2.45) is 5.73 Å². The molecule has 1 unspecified atom stereocenters. The number of benzene rings is 1. The van der Waals surface area contributed by atoms with E-state index < -0.39 is 5.54 Å². The number of aliphatic hydroxyl groups excluding tert-OH is 1. The van der Waals surface area contributed by atoms with Crippen LogP contribution in [0, 0.1) is 0 Å². The summed E-state index contributed by atoms with van der Waals surface area (Å²) < 4.78 is 0. The second-order valence-electron chi connectivity index (χ2n) is 4.43. The van der Waals surface area contributed by atoms with Crippen molar-refractivity contribution in [3.63, 3.8) is 0 Å². The third-order valence-corrected chi connectivity index (χ3v) is 2.91. The maximum absolute atomic E-state index is 11.7. The summed E-state index contributed by atoms with van der Waals surface area (Å²) in [5.41, 5.74) is 6.86. The van der Waals surface area contributed by atoms with Crippen molar-refractivity contribution in [1.29, 1.82) is 0 Å². The Labute approximate surface area is 102 Å². The van der Waals surface area contributed by atoms with Crippen molar-refractivity contribution in [2.45, 2.75) is 39.0 Å². The second-order valence-corrected chi connectivity index (χ2v) is 4.43. The van der Waals surface area contributed by atoms with E-state index in [2.05, 4.69) is 5.32 Å². The topological polar surface area (TPSA) is 75.4 Å². The minimum atomic E-state index is -0.814. The van der Waals surface area contributed by atoms with Crippen LogP contribution in [-0.2, 0) is 17.9 Å². The molecular weight excluding hydrogens is 216 g/mol. The maximum Gasteiger partial charge on any atom is 0.240 e. The Bertz CT molecular complexity index is 372. The summed E-state index contributed by atoms with van der Waals surface area (Å²) in [6.07, 6.45) is 0.599. The van der Waals surface area contributed by atoms with Crippen LogP contribution < -0.4 is 11.1 Å². The molecule has 4 N–H and O–H groups in total. The van der Waals surface area contributed by atoms with Crippen LogP contribution in [0.1, 0.15) is 31.4 Å². The number of amides is 1. The summed E-state index contributed by atoms with van der Waals surface area (Å²) in [7, 11) is 0. The minimum Gasteiger partial charge on any atom is -0.392 e. The van der Waals surface area contributed by atoms with Gasteiger partial charge < -0.3 is 16.2 Å². The Kier molecular flexibility index (Phi) is 4.66. The molecule has 0 aliphatic rings. The number of carbonyl (C=O) groups is 1. The smallest absolute Gasteiger partial charge is 0.240 e. The number of nitrogens with one attached hydrogen (secondary N) is 1. The minimum absolute atomic E-state index is 0.0311. The standard InChI is InChI=1S/C13H20N2O2/c1-3-13(2,14)12(17)15-8-10-4-6-11(9-16)7-5-10/h4-7,16H,3,8-9,14H2,1-2H3,(H,15,17). The molecule has 0 spiro atoms. The summed E-state index contributed by atoms with van der Waals surface area (Å²) in [6.45, 7) is 4.09. The fraction of sp³-hybridized carbons (Fsp3) is 0.462. The summed E-state index contributed by atoms with van der Waals surface area (Å²) >= 11 is 0. The van der Waals surface area contributed by atoms with Gasteiger partial charge in [0.25, 0.3) is 0 Å². The number of rotatable bonds is 5. The zero-order valence-corrected chi connectivity index (χ0v) is 10.4. The van der Waals surface area contributed by atoms with Gasteiger partial charge >= 0.3 is 0 Å². The van der Waals surface area contributed by atoms with Gasteiger partial charge in [-0.05, 0) is 24.5 Å². The van der Waals surface area contributed by atoms with E-state index in [1.807, 2.05) is 31.2 Å². The van der Waals surface area contributed by atoms with Crippen molar-refractivity contribution >= 4 is 5.91 Å². The molecule has 1 amide bonds. The number of hydrogen-bond acceptors (Lipinski definition) is 3. The summed E-state index contributed by atoms with van der Waals surface area (Å²) in [5.74, 6) is -0.147. The fourth-order valence-corrected chi connectivity index (χ4v) is 1.31. The van der Waals surface area contributed by atoms with Crippen LogP contribution in [0.15, 0.2) is 24.3 Å². The molecule has 0 bridgehead atoms. The normalized spacial score (nSPS) is 14.1. The predicted molar refractivity (Wildman–Crippen MR) is 67.1 cm³/mol. The molecule has 0 aliphatic heterocycles. The number of hydrogen-bond donors (Lipinski definition) is 3. The van der Waals surface area contributed by atoms with E-state index in [4.69, 9.17) is 10.8 Å². The molecule has 1 rings (SSSR count). The molecule has 0 radical (unpaired) electrons. The summed E-state index contributed by atoms with van der Waals surface area (Å²) in [4.78, 5) is 11.7. The zero-order chi connectivity index (χ0) is 12.9. The van der Waals surface area contributed by atoms with E-state index in [9.17, 15) is 4.79 Å². The van der Waals surface area contributed by atoms with Gasteiger partial charge in [-0.15, -0.1) is 0 Å². The molecule has 17 heavy (non-hydrogen) atoms.